The van der Waals surface area contributed by atoms with Gasteiger partial charge in [0.05, 0.1) is 0 Å². The lowest BCUT2D eigenvalue weighted by molar-refractivity contribution is -0.303. The molecule has 0 aliphatic heterocycles. The van der Waals surface area contributed by atoms with E-state index in [-0.39, 0.29) is 5.76 Å². The second-order valence-corrected chi connectivity index (χ2v) is 3.41. The lowest BCUT2D eigenvalue weighted by Gasteiger charge is -2.10. The van der Waals surface area contributed by atoms with Crippen LogP contribution in [0.2, 0.25) is 0 Å². The fraction of sp³-hybridized carbons (Fsp3) is 0.143. The number of alkyl halides is 3. The third kappa shape index (κ3) is 4.49. The molecule has 0 saturated carbocycles. The highest BCUT2D eigenvalue weighted by molar-refractivity contribution is 5.74. The van der Waals surface area contributed by atoms with Crippen molar-refractivity contribution in [2.45, 2.75) is 13.3 Å². The van der Waals surface area contributed by atoms with Gasteiger partial charge in [-0.2, -0.15) is 0 Å². The van der Waals surface area contributed by atoms with Gasteiger partial charge in [0.15, 0.2) is 0 Å². The molecule has 96 valence electrons. The summed E-state index contributed by atoms with van der Waals surface area (Å²) < 4.78 is 40.2. The van der Waals surface area contributed by atoms with Gasteiger partial charge in [-0.3, -0.25) is 0 Å². The van der Waals surface area contributed by atoms with Crippen LogP contribution in [0.1, 0.15) is 12.5 Å². The third-order valence-electron chi connectivity index (χ3n) is 2.15. The van der Waals surface area contributed by atoms with E-state index in [9.17, 15) is 13.2 Å². The van der Waals surface area contributed by atoms with Gasteiger partial charge in [-0.15, -0.1) is 13.2 Å². The standard InChI is InChI=1S/C14H13F3O/c1-3-11(12-8-6-5-7-9-12)10-13(4-2)18-14(15,16)17/h3-10H,2H2,1H3/b11-3+,13-10+. The highest BCUT2D eigenvalue weighted by Gasteiger charge is 2.31. The number of halogens is 3. The largest absolute Gasteiger partial charge is 0.573 e. The van der Waals surface area contributed by atoms with Crippen molar-refractivity contribution in [3.63, 3.8) is 0 Å². The van der Waals surface area contributed by atoms with E-state index in [0.717, 1.165) is 11.6 Å². The Bertz CT molecular complexity index is 456. The summed E-state index contributed by atoms with van der Waals surface area (Å²) >= 11 is 0. The molecule has 0 saturated heterocycles. The Hall–Kier alpha value is -1.97. The predicted octanol–water partition coefficient (Wildman–Crippen LogP) is 4.70. The first-order valence-corrected chi connectivity index (χ1v) is 5.28. The second-order valence-electron chi connectivity index (χ2n) is 3.41. The highest BCUT2D eigenvalue weighted by atomic mass is 19.4. The van der Waals surface area contributed by atoms with Crippen LogP contribution in [0.3, 0.4) is 0 Å². The maximum atomic E-state index is 12.1. The fourth-order valence-electron chi connectivity index (χ4n) is 1.38. The molecule has 1 aromatic carbocycles. The number of allylic oxidation sites excluding steroid dienone is 4. The van der Waals surface area contributed by atoms with Gasteiger partial charge >= 0.3 is 6.36 Å². The van der Waals surface area contributed by atoms with Crippen LogP contribution in [-0.4, -0.2) is 6.36 Å². The van der Waals surface area contributed by atoms with Crippen molar-refractivity contribution in [3.05, 3.63) is 66.5 Å². The average Bonchev–Trinajstić information content (AvgIpc) is 2.34. The maximum Gasteiger partial charge on any atom is 0.573 e. The van der Waals surface area contributed by atoms with Crippen molar-refractivity contribution in [3.8, 4) is 0 Å². The zero-order valence-corrected chi connectivity index (χ0v) is 9.87. The molecule has 0 atom stereocenters. The molecule has 0 amide bonds. The van der Waals surface area contributed by atoms with Crippen molar-refractivity contribution in [1.29, 1.82) is 0 Å². The number of hydrogen-bond acceptors (Lipinski definition) is 1. The van der Waals surface area contributed by atoms with E-state index >= 15 is 0 Å². The molecule has 1 rings (SSSR count). The van der Waals surface area contributed by atoms with Crippen LogP contribution in [0.25, 0.3) is 5.57 Å². The van der Waals surface area contributed by atoms with E-state index in [1.54, 1.807) is 25.1 Å². The molecule has 0 fully saturated rings. The molecule has 1 nitrogen and oxygen atoms in total. The van der Waals surface area contributed by atoms with Crippen LogP contribution < -0.4 is 0 Å². The van der Waals surface area contributed by atoms with Crippen molar-refractivity contribution in [2.24, 2.45) is 0 Å². The van der Waals surface area contributed by atoms with E-state index in [4.69, 9.17) is 0 Å². The molecule has 0 unspecified atom stereocenters. The summed E-state index contributed by atoms with van der Waals surface area (Å²) in [6.45, 7) is 5.05. The van der Waals surface area contributed by atoms with E-state index in [1.165, 1.54) is 6.08 Å². The van der Waals surface area contributed by atoms with Gasteiger partial charge in [0.2, 0.25) is 0 Å². The fourth-order valence-corrected chi connectivity index (χ4v) is 1.38. The Morgan fingerprint density at radius 1 is 1.22 bits per heavy atom. The summed E-state index contributed by atoms with van der Waals surface area (Å²) in [6, 6.07) is 9.07. The Morgan fingerprint density at radius 2 is 1.83 bits per heavy atom. The number of rotatable bonds is 4. The Balaban J connectivity index is 3.00. The molecule has 4 heteroatoms. The van der Waals surface area contributed by atoms with Crippen molar-refractivity contribution in [1.82, 2.24) is 0 Å². The lowest BCUT2D eigenvalue weighted by atomic mass is 10.1. The number of benzene rings is 1. The summed E-state index contributed by atoms with van der Waals surface area (Å²) in [5, 5.41) is 0. The first-order chi connectivity index (χ1) is 8.46. The Labute approximate surface area is 104 Å². The molecule has 0 bridgehead atoms. The number of ether oxygens (including phenoxy) is 1. The molecule has 0 aromatic heterocycles. The first-order valence-electron chi connectivity index (χ1n) is 5.28. The van der Waals surface area contributed by atoms with Gasteiger partial charge in [-0.25, -0.2) is 0 Å². The van der Waals surface area contributed by atoms with Gasteiger partial charge in [-0.05, 0) is 30.2 Å². The lowest BCUT2D eigenvalue weighted by Crippen LogP contribution is -2.12. The molecule has 0 spiro atoms. The normalized spacial score (nSPS) is 13.3. The van der Waals surface area contributed by atoms with E-state index in [0.29, 0.717) is 5.57 Å². The van der Waals surface area contributed by atoms with Crippen molar-refractivity contribution in [2.75, 3.05) is 0 Å². The van der Waals surface area contributed by atoms with Gasteiger partial charge in [0.1, 0.15) is 5.76 Å². The summed E-state index contributed by atoms with van der Waals surface area (Å²) in [7, 11) is 0. The molecule has 1 aromatic rings. The van der Waals surface area contributed by atoms with E-state index in [2.05, 4.69) is 11.3 Å². The van der Waals surface area contributed by atoms with Crippen LogP contribution >= 0.6 is 0 Å². The van der Waals surface area contributed by atoms with E-state index in [1.807, 2.05) is 18.2 Å². The van der Waals surface area contributed by atoms with Crippen molar-refractivity contribution < 1.29 is 17.9 Å². The third-order valence-corrected chi connectivity index (χ3v) is 2.15. The van der Waals surface area contributed by atoms with Crippen LogP contribution in [0.15, 0.2) is 60.9 Å². The quantitative estimate of drug-likeness (QED) is 0.559. The molecular formula is C14H13F3O. The minimum atomic E-state index is -4.71. The van der Waals surface area contributed by atoms with Crippen molar-refractivity contribution >= 4 is 5.57 Å². The molecular weight excluding hydrogens is 241 g/mol. The Kier molecular flexibility index (Phi) is 4.77. The minimum absolute atomic E-state index is 0.334. The van der Waals surface area contributed by atoms with Gasteiger partial charge < -0.3 is 4.74 Å². The summed E-state index contributed by atoms with van der Waals surface area (Å²) in [4.78, 5) is 0. The molecule has 0 aliphatic rings. The smallest absolute Gasteiger partial charge is 0.406 e. The van der Waals surface area contributed by atoms with Crippen LogP contribution in [0.4, 0.5) is 13.2 Å². The second kappa shape index (κ2) is 6.10. The highest BCUT2D eigenvalue weighted by Crippen LogP contribution is 2.24. The summed E-state index contributed by atoms with van der Waals surface area (Å²) in [5.74, 6) is -0.334. The molecule has 0 heterocycles. The van der Waals surface area contributed by atoms with Gasteiger partial charge in [-0.1, -0.05) is 43.0 Å². The average molecular weight is 254 g/mol. The predicted molar refractivity (Wildman–Crippen MR) is 65.5 cm³/mol. The zero-order valence-electron chi connectivity index (χ0n) is 9.87. The van der Waals surface area contributed by atoms with Crippen LogP contribution in [0.5, 0.6) is 0 Å². The molecule has 0 radical (unpaired) electrons. The monoisotopic (exact) mass is 254 g/mol. The molecule has 18 heavy (non-hydrogen) atoms. The van der Waals surface area contributed by atoms with Crippen LogP contribution in [-0.2, 0) is 4.74 Å². The van der Waals surface area contributed by atoms with Gasteiger partial charge in [0, 0.05) is 0 Å². The van der Waals surface area contributed by atoms with Crippen LogP contribution in [0, 0.1) is 0 Å². The van der Waals surface area contributed by atoms with E-state index < -0.39 is 6.36 Å². The zero-order chi connectivity index (χ0) is 13.6. The SMILES string of the molecule is C=C/C(=C\C(=C/C)c1ccccc1)OC(F)(F)F. The maximum absolute atomic E-state index is 12.1. The summed E-state index contributed by atoms with van der Waals surface area (Å²) in [5.41, 5.74) is 1.44. The van der Waals surface area contributed by atoms with Gasteiger partial charge in [0.25, 0.3) is 0 Å². The first kappa shape index (κ1) is 14.1. The number of hydrogen-bond donors (Lipinski definition) is 0. The Morgan fingerprint density at radius 3 is 2.28 bits per heavy atom. The summed E-state index contributed by atoms with van der Waals surface area (Å²) in [6.07, 6.45) is -0.677. The minimum Gasteiger partial charge on any atom is -0.406 e. The topological polar surface area (TPSA) is 9.23 Å². The molecule has 0 aliphatic carbocycles. The molecule has 0 N–H and O–H groups in total.